The van der Waals surface area contributed by atoms with E-state index in [1.165, 1.54) is 0 Å². The number of hydrogen-bond donors (Lipinski definition) is 0. The molecule has 0 N–H and O–H groups in total. The second kappa shape index (κ2) is 6.76. The molecule has 0 unspecified atom stereocenters. The Morgan fingerprint density at radius 3 is 2.65 bits per heavy atom. The van der Waals surface area contributed by atoms with Gasteiger partial charge in [-0.25, -0.2) is 0 Å². The smallest absolute Gasteiger partial charge is 0.137 e. The number of para-hydroxylation sites is 2. The van der Waals surface area contributed by atoms with Crippen LogP contribution >= 0.6 is 11.6 Å². The maximum atomic E-state index is 9.38. The van der Waals surface area contributed by atoms with Gasteiger partial charge in [0.15, 0.2) is 0 Å². The summed E-state index contributed by atoms with van der Waals surface area (Å²) in [5, 5.41) is 11.0. The maximum Gasteiger partial charge on any atom is 0.137 e. The maximum absolute atomic E-state index is 9.38. The molecular formula is C19H17ClN2O. The lowest BCUT2D eigenvalue weighted by Gasteiger charge is -2.10. The van der Waals surface area contributed by atoms with E-state index >= 15 is 0 Å². The first-order valence-electron chi connectivity index (χ1n) is 7.57. The summed E-state index contributed by atoms with van der Waals surface area (Å²) in [5.74, 6) is 0.709. The highest BCUT2D eigenvalue weighted by atomic mass is 35.5. The number of nitrogens with zero attached hydrogens (tertiary/aromatic N) is 2. The molecule has 3 nitrogen and oxygen atoms in total. The summed E-state index contributed by atoms with van der Waals surface area (Å²) in [7, 11) is 0. The zero-order chi connectivity index (χ0) is 16.2. The number of aryl methyl sites for hydroxylation is 1. The van der Waals surface area contributed by atoms with Crippen molar-refractivity contribution in [1.29, 1.82) is 5.26 Å². The quantitative estimate of drug-likeness (QED) is 0.623. The minimum atomic E-state index is 0.581. The van der Waals surface area contributed by atoms with Gasteiger partial charge in [0.05, 0.1) is 17.2 Å². The normalized spacial score (nSPS) is 10.7. The Balaban J connectivity index is 1.72. The molecular weight excluding hydrogens is 308 g/mol. The van der Waals surface area contributed by atoms with Crippen LogP contribution in [0.25, 0.3) is 10.9 Å². The number of hydrogen-bond acceptors (Lipinski definition) is 2. The van der Waals surface area contributed by atoms with Crippen molar-refractivity contribution in [2.24, 2.45) is 0 Å². The van der Waals surface area contributed by atoms with Crippen molar-refractivity contribution in [2.75, 3.05) is 6.61 Å². The van der Waals surface area contributed by atoms with Crippen molar-refractivity contribution in [3.05, 3.63) is 64.8 Å². The highest BCUT2D eigenvalue weighted by Crippen LogP contribution is 2.26. The molecule has 3 aromatic rings. The topological polar surface area (TPSA) is 38.0 Å². The Kier molecular flexibility index (Phi) is 4.55. The third-order valence-electron chi connectivity index (χ3n) is 3.96. The summed E-state index contributed by atoms with van der Waals surface area (Å²) in [5.41, 5.74) is 2.86. The lowest BCUT2D eigenvalue weighted by atomic mass is 10.1. The minimum absolute atomic E-state index is 0.581. The van der Waals surface area contributed by atoms with E-state index in [1.807, 2.05) is 49.4 Å². The van der Waals surface area contributed by atoms with Crippen LogP contribution in [0.1, 0.15) is 17.7 Å². The van der Waals surface area contributed by atoms with Crippen LogP contribution in [0, 0.1) is 18.3 Å². The second-order valence-electron chi connectivity index (χ2n) is 5.37. The molecule has 0 amide bonds. The predicted octanol–water partition coefficient (Wildman–Crippen LogP) is 4.94. The van der Waals surface area contributed by atoms with E-state index in [0.29, 0.717) is 17.4 Å². The number of rotatable bonds is 5. The molecule has 23 heavy (non-hydrogen) atoms. The van der Waals surface area contributed by atoms with Gasteiger partial charge in [-0.3, -0.25) is 0 Å². The van der Waals surface area contributed by atoms with Crippen molar-refractivity contribution in [2.45, 2.75) is 19.9 Å². The number of nitriles is 1. The van der Waals surface area contributed by atoms with Gasteiger partial charge in [0.25, 0.3) is 0 Å². The van der Waals surface area contributed by atoms with E-state index in [9.17, 15) is 5.26 Å². The molecule has 0 aliphatic heterocycles. The zero-order valence-electron chi connectivity index (χ0n) is 12.9. The van der Waals surface area contributed by atoms with Crippen LogP contribution in [0.5, 0.6) is 5.75 Å². The van der Waals surface area contributed by atoms with Crippen molar-refractivity contribution in [1.82, 2.24) is 4.57 Å². The predicted molar refractivity (Wildman–Crippen MR) is 93.0 cm³/mol. The lowest BCUT2D eigenvalue weighted by molar-refractivity contribution is 0.302. The lowest BCUT2D eigenvalue weighted by Crippen LogP contribution is -2.06. The van der Waals surface area contributed by atoms with Gasteiger partial charge in [-0.15, -0.1) is 0 Å². The van der Waals surface area contributed by atoms with Gasteiger partial charge >= 0.3 is 0 Å². The van der Waals surface area contributed by atoms with Gasteiger partial charge in [-0.05, 0) is 31.5 Å². The number of benzene rings is 2. The van der Waals surface area contributed by atoms with Crippen LogP contribution in [-0.4, -0.2) is 11.2 Å². The molecule has 0 saturated carbocycles. The van der Waals surface area contributed by atoms with E-state index in [0.717, 1.165) is 35.1 Å². The molecule has 116 valence electrons. The molecule has 1 heterocycles. The van der Waals surface area contributed by atoms with Gasteiger partial charge in [-0.1, -0.05) is 41.9 Å². The number of ether oxygens (including phenoxy) is 1. The fourth-order valence-electron chi connectivity index (χ4n) is 2.83. The average molecular weight is 325 g/mol. The number of fused-ring (bicyclic) bond motifs is 1. The molecule has 0 saturated heterocycles. The SMILES string of the molecule is Cc1c(C#N)c2ccccc2n1CCCOc1ccccc1Cl. The van der Waals surface area contributed by atoms with Crippen LogP contribution in [0.4, 0.5) is 0 Å². The molecule has 1 aromatic heterocycles. The van der Waals surface area contributed by atoms with Crippen LogP contribution in [-0.2, 0) is 6.54 Å². The van der Waals surface area contributed by atoms with Crippen molar-refractivity contribution in [3.8, 4) is 11.8 Å². The molecule has 0 radical (unpaired) electrons. The summed E-state index contributed by atoms with van der Waals surface area (Å²) in [6, 6.07) is 17.8. The summed E-state index contributed by atoms with van der Waals surface area (Å²) in [6.07, 6.45) is 0.843. The Bertz CT molecular complexity index is 877. The largest absolute Gasteiger partial charge is 0.492 e. The van der Waals surface area contributed by atoms with Crippen LogP contribution in [0.2, 0.25) is 5.02 Å². The van der Waals surface area contributed by atoms with Gasteiger partial charge < -0.3 is 9.30 Å². The molecule has 4 heteroatoms. The highest BCUT2D eigenvalue weighted by Gasteiger charge is 2.12. The number of halogens is 1. The first-order chi connectivity index (χ1) is 11.2. The van der Waals surface area contributed by atoms with E-state index in [4.69, 9.17) is 16.3 Å². The van der Waals surface area contributed by atoms with E-state index in [2.05, 4.69) is 16.7 Å². The Morgan fingerprint density at radius 1 is 1.13 bits per heavy atom. The Hall–Kier alpha value is -2.44. The minimum Gasteiger partial charge on any atom is -0.492 e. The molecule has 0 bridgehead atoms. The fourth-order valence-corrected chi connectivity index (χ4v) is 3.02. The van der Waals surface area contributed by atoms with E-state index in [-0.39, 0.29) is 0 Å². The molecule has 3 rings (SSSR count). The fraction of sp³-hybridized carbons (Fsp3) is 0.211. The standard InChI is InChI=1S/C19H17ClN2O/c1-14-16(13-21)15-7-2-4-9-18(15)22(14)11-6-12-23-19-10-5-3-8-17(19)20/h2-5,7-10H,6,11-12H2,1H3. The summed E-state index contributed by atoms with van der Waals surface area (Å²) < 4.78 is 7.92. The molecule has 0 atom stereocenters. The molecule has 0 aliphatic carbocycles. The summed E-state index contributed by atoms with van der Waals surface area (Å²) >= 11 is 6.08. The highest BCUT2D eigenvalue weighted by molar-refractivity contribution is 6.32. The van der Waals surface area contributed by atoms with Gasteiger partial charge in [0.1, 0.15) is 11.8 Å². The molecule has 0 aliphatic rings. The summed E-state index contributed by atoms with van der Waals surface area (Å²) in [4.78, 5) is 0. The van der Waals surface area contributed by atoms with Gasteiger partial charge in [0.2, 0.25) is 0 Å². The summed E-state index contributed by atoms with van der Waals surface area (Å²) in [6.45, 7) is 3.38. The Morgan fingerprint density at radius 2 is 1.87 bits per heavy atom. The second-order valence-corrected chi connectivity index (χ2v) is 5.78. The van der Waals surface area contributed by atoms with Gasteiger partial charge in [0, 0.05) is 23.1 Å². The van der Waals surface area contributed by atoms with Crippen LogP contribution < -0.4 is 4.74 Å². The molecule has 0 spiro atoms. The monoisotopic (exact) mass is 324 g/mol. The van der Waals surface area contributed by atoms with Crippen molar-refractivity contribution >= 4 is 22.5 Å². The van der Waals surface area contributed by atoms with Crippen molar-refractivity contribution in [3.63, 3.8) is 0 Å². The van der Waals surface area contributed by atoms with Crippen molar-refractivity contribution < 1.29 is 4.74 Å². The first kappa shape index (κ1) is 15.5. The first-order valence-corrected chi connectivity index (χ1v) is 7.95. The third-order valence-corrected chi connectivity index (χ3v) is 4.28. The van der Waals surface area contributed by atoms with Crippen LogP contribution in [0.3, 0.4) is 0 Å². The number of aromatic nitrogens is 1. The van der Waals surface area contributed by atoms with E-state index in [1.54, 1.807) is 0 Å². The zero-order valence-corrected chi connectivity index (χ0v) is 13.7. The Labute approximate surface area is 140 Å². The molecule has 2 aromatic carbocycles. The average Bonchev–Trinajstić information content (AvgIpc) is 2.84. The van der Waals surface area contributed by atoms with E-state index < -0.39 is 0 Å². The molecule has 0 fully saturated rings. The third kappa shape index (κ3) is 3.04. The van der Waals surface area contributed by atoms with Gasteiger partial charge in [-0.2, -0.15) is 5.26 Å². The van der Waals surface area contributed by atoms with Crippen LogP contribution in [0.15, 0.2) is 48.5 Å².